The molecule has 1 aliphatic heterocycles. The van der Waals surface area contributed by atoms with Crippen molar-refractivity contribution in [1.82, 2.24) is 14.9 Å². The summed E-state index contributed by atoms with van der Waals surface area (Å²) < 4.78 is 5.46. The van der Waals surface area contributed by atoms with E-state index in [0.717, 1.165) is 61.3 Å². The van der Waals surface area contributed by atoms with Crippen molar-refractivity contribution in [2.24, 2.45) is 0 Å². The van der Waals surface area contributed by atoms with Gasteiger partial charge < -0.3 is 9.72 Å². The molecule has 0 saturated carbocycles. The maximum Gasteiger partial charge on any atom is 0.0971 e. The van der Waals surface area contributed by atoms with E-state index in [4.69, 9.17) is 9.72 Å². The second-order valence-corrected chi connectivity index (χ2v) is 8.30. The summed E-state index contributed by atoms with van der Waals surface area (Å²) in [6, 6.07) is 25.9. The number of hydrogen-bond acceptors (Lipinski definition) is 3. The molecular formula is C27H25N3O. The van der Waals surface area contributed by atoms with Crippen molar-refractivity contribution in [3.63, 3.8) is 0 Å². The molecule has 0 spiro atoms. The van der Waals surface area contributed by atoms with Crippen molar-refractivity contribution in [2.75, 3.05) is 32.8 Å². The first-order valence-corrected chi connectivity index (χ1v) is 11.1. The fourth-order valence-electron chi connectivity index (χ4n) is 4.71. The summed E-state index contributed by atoms with van der Waals surface area (Å²) in [6.07, 6.45) is 1.07. The van der Waals surface area contributed by atoms with Crippen LogP contribution in [-0.2, 0) is 11.2 Å². The summed E-state index contributed by atoms with van der Waals surface area (Å²) >= 11 is 0. The highest BCUT2D eigenvalue weighted by Gasteiger charge is 2.15. The number of para-hydroxylation sites is 2. The van der Waals surface area contributed by atoms with Gasteiger partial charge in [0.15, 0.2) is 0 Å². The topological polar surface area (TPSA) is 41.1 Å². The fraction of sp³-hybridized carbons (Fsp3) is 0.222. The average molecular weight is 408 g/mol. The Kier molecular flexibility index (Phi) is 4.67. The molecule has 6 rings (SSSR count). The van der Waals surface area contributed by atoms with Gasteiger partial charge in [0.05, 0.1) is 29.8 Å². The smallest absolute Gasteiger partial charge is 0.0971 e. The lowest BCUT2D eigenvalue weighted by atomic mass is 9.97. The van der Waals surface area contributed by atoms with Gasteiger partial charge in [0.1, 0.15) is 0 Å². The van der Waals surface area contributed by atoms with Crippen LogP contribution in [0.3, 0.4) is 0 Å². The minimum atomic E-state index is 0.856. The molecule has 0 radical (unpaired) electrons. The highest BCUT2D eigenvalue weighted by Crippen LogP contribution is 2.37. The van der Waals surface area contributed by atoms with E-state index in [1.165, 1.54) is 27.5 Å². The van der Waals surface area contributed by atoms with E-state index >= 15 is 0 Å². The van der Waals surface area contributed by atoms with Crippen molar-refractivity contribution >= 4 is 32.8 Å². The largest absolute Gasteiger partial charge is 0.379 e. The van der Waals surface area contributed by atoms with E-state index in [1.54, 1.807) is 0 Å². The third-order valence-electron chi connectivity index (χ3n) is 6.40. The van der Waals surface area contributed by atoms with Crippen LogP contribution in [0.25, 0.3) is 44.0 Å². The highest BCUT2D eigenvalue weighted by atomic mass is 16.5. The molecule has 1 N–H and O–H groups in total. The van der Waals surface area contributed by atoms with Gasteiger partial charge in [-0.05, 0) is 29.7 Å². The third kappa shape index (κ3) is 3.38. The standard InChI is InChI=1S/C27H25N3O/c1-3-7-23-21(5-1)25(27-26(28-23)22-6-2-4-8-24(22)29-27)20-11-9-19(10-12-20)13-14-30-15-17-31-18-16-30/h1-12,29H,13-18H2. The van der Waals surface area contributed by atoms with E-state index in [1.807, 2.05) is 0 Å². The summed E-state index contributed by atoms with van der Waals surface area (Å²) in [5.74, 6) is 0. The number of hydrogen-bond donors (Lipinski definition) is 1. The molecule has 0 unspecified atom stereocenters. The molecule has 3 heterocycles. The van der Waals surface area contributed by atoms with E-state index in [2.05, 4.69) is 82.7 Å². The number of pyridine rings is 1. The molecule has 1 saturated heterocycles. The molecule has 5 aromatic rings. The van der Waals surface area contributed by atoms with Gasteiger partial charge in [0.2, 0.25) is 0 Å². The Morgan fingerprint density at radius 1 is 0.839 bits per heavy atom. The zero-order chi connectivity index (χ0) is 20.6. The summed E-state index contributed by atoms with van der Waals surface area (Å²) in [5.41, 5.74) is 8.15. The van der Waals surface area contributed by atoms with E-state index in [-0.39, 0.29) is 0 Å². The van der Waals surface area contributed by atoms with Crippen LogP contribution in [0.4, 0.5) is 0 Å². The van der Waals surface area contributed by atoms with Gasteiger partial charge in [-0.25, -0.2) is 4.98 Å². The minimum absolute atomic E-state index is 0.856. The molecule has 0 atom stereocenters. The van der Waals surface area contributed by atoms with Gasteiger partial charge in [-0.1, -0.05) is 60.7 Å². The van der Waals surface area contributed by atoms with Gasteiger partial charge in [0, 0.05) is 41.5 Å². The molecule has 2 aromatic heterocycles. The minimum Gasteiger partial charge on any atom is -0.379 e. The molecule has 154 valence electrons. The van der Waals surface area contributed by atoms with Crippen molar-refractivity contribution in [3.8, 4) is 11.1 Å². The number of aromatic nitrogens is 2. The first kappa shape index (κ1) is 18.6. The molecule has 0 aliphatic carbocycles. The molecule has 31 heavy (non-hydrogen) atoms. The van der Waals surface area contributed by atoms with Gasteiger partial charge in [0.25, 0.3) is 0 Å². The number of nitrogens with one attached hydrogen (secondary N) is 1. The summed E-state index contributed by atoms with van der Waals surface area (Å²) in [7, 11) is 0. The number of morpholine rings is 1. The number of nitrogens with zero attached hydrogens (tertiary/aromatic N) is 2. The molecule has 0 amide bonds. The van der Waals surface area contributed by atoms with Crippen LogP contribution in [0.15, 0.2) is 72.8 Å². The third-order valence-corrected chi connectivity index (χ3v) is 6.40. The Hall–Kier alpha value is -3.21. The Morgan fingerprint density at radius 2 is 1.58 bits per heavy atom. The summed E-state index contributed by atoms with van der Waals surface area (Å²) in [5, 5.41) is 2.36. The fourth-order valence-corrected chi connectivity index (χ4v) is 4.71. The average Bonchev–Trinajstić information content (AvgIpc) is 3.20. The maximum atomic E-state index is 5.46. The van der Waals surface area contributed by atoms with Crippen LogP contribution in [0.2, 0.25) is 0 Å². The first-order chi connectivity index (χ1) is 15.4. The van der Waals surface area contributed by atoms with Crippen LogP contribution in [0.1, 0.15) is 5.56 Å². The van der Waals surface area contributed by atoms with Gasteiger partial charge in [-0.3, -0.25) is 4.90 Å². The van der Waals surface area contributed by atoms with E-state index < -0.39 is 0 Å². The Labute approximate surface area is 181 Å². The number of rotatable bonds is 4. The number of benzene rings is 3. The molecule has 0 bridgehead atoms. The van der Waals surface area contributed by atoms with Gasteiger partial charge in [-0.15, -0.1) is 0 Å². The van der Waals surface area contributed by atoms with E-state index in [0.29, 0.717) is 0 Å². The first-order valence-electron chi connectivity index (χ1n) is 11.1. The second kappa shape index (κ2) is 7.80. The van der Waals surface area contributed by atoms with Crippen LogP contribution in [0, 0.1) is 0 Å². The lowest BCUT2D eigenvalue weighted by Gasteiger charge is -2.26. The Bertz CT molecular complexity index is 1360. The van der Waals surface area contributed by atoms with Crippen molar-refractivity contribution in [1.29, 1.82) is 0 Å². The van der Waals surface area contributed by atoms with Gasteiger partial charge in [-0.2, -0.15) is 0 Å². The number of aromatic amines is 1. The monoisotopic (exact) mass is 407 g/mol. The maximum absolute atomic E-state index is 5.46. The number of fused-ring (bicyclic) bond motifs is 4. The molecule has 4 nitrogen and oxygen atoms in total. The van der Waals surface area contributed by atoms with Crippen LogP contribution < -0.4 is 0 Å². The van der Waals surface area contributed by atoms with Gasteiger partial charge >= 0.3 is 0 Å². The Balaban J connectivity index is 1.42. The summed E-state index contributed by atoms with van der Waals surface area (Å²) in [4.78, 5) is 11.1. The number of ether oxygens (including phenoxy) is 1. The zero-order valence-corrected chi connectivity index (χ0v) is 17.5. The zero-order valence-electron chi connectivity index (χ0n) is 17.5. The number of H-pyrrole nitrogens is 1. The molecule has 4 heteroatoms. The normalized spacial score (nSPS) is 15.2. The SMILES string of the molecule is c1ccc2c(-c3ccc(CCN4CCOCC4)cc3)c3[nH]c4ccccc4c3nc2c1. The quantitative estimate of drug-likeness (QED) is 0.433. The van der Waals surface area contributed by atoms with Crippen molar-refractivity contribution in [2.45, 2.75) is 6.42 Å². The lowest BCUT2D eigenvalue weighted by molar-refractivity contribution is 0.0384. The van der Waals surface area contributed by atoms with Crippen LogP contribution in [-0.4, -0.2) is 47.7 Å². The van der Waals surface area contributed by atoms with Crippen molar-refractivity contribution in [3.05, 3.63) is 78.4 Å². The van der Waals surface area contributed by atoms with Crippen LogP contribution in [0.5, 0.6) is 0 Å². The molecule has 1 aliphatic rings. The molecule has 1 fully saturated rings. The van der Waals surface area contributed by atoms with Crippen LogP contribution >= 0.6 is 0 Å². The molecule has 3 aromatic carbocycles. The lowest BCUT2D eigenvalue weighted by Crippen LogP contribution is -2.37. The Morgan fingerprint density at radius 3 is 2.42 bits per heavy atom. The van der Waals surface area contributed by atoms with E-state index in [9.17, 15) is 0 Å². The highest BCUT2D eigenvalue weighted by molar-refractivity contribution is 6.16. The summed E-state index contributed by atoms with van der Waals surface area (Å²) in [6.45, 7) is 4.88. The predicted octanol–water partition coefficient (Wildman–Crippen LogP) is 5.41. The molecular weight excluding hydrogens is 382 g/mol. The second-order valence-electron chi connectivity index (χ2n) is 8.30. The van der Waals surface area contributed by atoms with Crippen molar-refractivity contribution < 1.29 is 4.74 Å². The predicted molar refractivity (Wildman–Crippen MR) is 128 cm³/mol.